The molecule has 146 valence electrons. The third-order valence-corrected chi connectivity index (χ3v) is 3.29. The van der Waals surface area contributed by atoms with Gasteiger partial charge in [-0.25, -0.2) is 4.79 Å². The number of anilines is 1. The quantitative estimate of drug-likeness (QED) is 0.379. The number of benzene rings is 1. The maximum absolute atomic E-state index is 13.9. The molecule has 0 aliphatic carbocycles. The second-order valence-corrected chi connectivity index (χ2v) is 5.39. The van der Waals surface area contributed by atoms with Crippen LogP contribution in [-0.2, 0) is 20.2 Å². The van der Waals surface area contributed by atoms with Crippen molar-refractivity contribution in [1.29, 1.82) is 0 Å². The van der Waals surface area contributed by atoms with Crippen LogP contribution in [0.15, 0.2) is 24.3 Å². The highest BCUT2D eigenvalue weighted by molar-refractivity contribution is 5.97. The highest BCUT2D eigenvalue weighted by Gasteiger charge is 2.55. The number of carbonyl (C=O) groups excluding carboxylic acids is 2. The number of amides is 1. The summed E-state index contributed by atoms with van der Waals surface area (Å²) in [5.41, 5.74) is -4.79. The molecule has 0 saturated heterocycles. The number of aliphatic hydroxyl groups is 2. The summed E-state index contributed by atoms with van der Waals surface area (Å²) in [7, 11) is 0. The van der Waals surface area contributed by atoms with Crippen LogP contribution in [0.1, 0.15) is 18.9 Å². The van der Waals surface area contributed by atoms with E-state index in [1.54, 1.807) is 5.32 Å². The van der Waals surface area contributed by atoms with Crippen LogP contribution in [-0.4, -0.2) is 47.1 Å². The lowest BCUT2D eigenvalue weighted by atomic mass is 10.0. The standard InChI is InChI=1S/C15H16F5NO5/c1-13(25,15(18,19)20)11(23)21-10-5-3-9(4-6-10)14(16,17)12(24)26-8-2-7-22/h3-6,22,25H,2,7-8H2,1H3,(H,21,23). The number of ether oxygens (including phenoxy) is 1. The Bertz CT molecular complexity index is 643. The lowest BCUT2D eigenvalue weighted by Crippen LogP contribution is -2.52. The van der Waals surface area contributed by atoms with E-state index in [4.69, 9.17) is 5.11 Å². The molecule has 1 rings (SSSR count). The van der Waals surface area contributed by atoms with E-state index < -0.39 is 41.7 Å². The van der Waals surface area contributed by atoms with Crippen LogP contribution in [0.2, 0.25) is 0 Å². The van der Waals surface area contributed by atoms with Crippen LogP contribution < -0.4 is 5.32 Å². The van der Waals surface area contributed by atoms with Gasteiger partial charge < -0.3 is 20.3 Å². The summed E-state index contributed by atoms with van der Waals surface area (Å²) in [6, 6.07) is 3.11. The van der Waals surface area contributed by atoms with Crippen LogP contribution >= 0.6 is 0 Å². The van der Waals surface area contributed by atoms with E-state index in [1.165, 1.54) is 0 Å². The van der Waals surface area contributed by atoms with Gasteiger partial charge in [0.15, 0.2) is 0 Å². The molecule has 0 fully saturated rings. The number of alkyl halides is 5. The van der Waals surface area contributed by atoms with Crippen molar-refractivity contribution in [1.82, 2.24) is 0 Å². The number of carbonyl (C=O) groups is 2. The van der Waals surface area contributed by atoms with Gasteiger partial charge in [-0.05, 0) is 19.1 Å². The maximum atomic E-state index is 13.9. The van der Waals surface area contributed by atoms with E-state index in [0.29, 0.717) is 12.1 Å². The number of rotatable bonds is 7. The monoisotopic (exact) mass is 385 g/mol. The number of halogens is 5. The molecule has 11 heteroatoms. The van der Waals surface area contributed by atoms with Gasteiger partial charge in [0.05, 0.1) is 6.61 Å². The second-order valence-electron chi connectivity index (χ2n) is 5.39. The van der Waals surface area contributed by atoms with E-state index in [-0.39, 0.29) is 25.6 Å². The Labute approximate surface area is 144 Å². The Balaban J connectivity index is 2.85. The molecule has 0 spiro atoms. The van der Waals surface area contributed by atoms with Crippen molar-refractivity contribution in [3.05, 3.63) is 29.8 Å². The van der Waals surface area contributed by atoms with Gasteiger partial charge in [-0.15, -0.1) is 0 Å². The molecule has 0 aromatic heterocycles. The summed E-state index contributed by atoms with van der Waals surface area (Å²) in [5, 5.41) is 19.5. The summed E-state index contributed by atoms with van der Waals surface area (Å²) in [6.07, 6.45) is -5.26. The fourth-order valence-electron chi connectivity index (χ4n) is 1.58. The summed E-state index contributed by atoms with van der Waals surface area (Å²) in [6.45, 7) is -0.520. The molecule has 1 amide bonds. The Kier molecular flexibility index (Phi) is 6.66. The van der Waals surface area contributed by atoms with Gasteiger partial charge in [0.2, 0.25) is 5.60 Å². The number of hydrogen-bond acceptors (Lipinski definition) is 5. The Morgan fingerprint density at radius 2 is 1.65 bits per heavy atom. The molecule has 1 aromatic carbocycles. The van der Waals surface area contributed by atoms with E-state index in [0.717, 1.165) is 12.1 Å². The minimum Gasteiger partial charge on any atom is -0.461 e. The lowest BCUT2D eigenvalue weighted by Gasteiger charge is -2.25. The second kappa shape index (κ2) is 7.96. The Hall–Kier alpha value is -2.27. The van der Waals surface area contributed by atoms with Gasteiger partial charge in [0, 0.05) is 24.3 Å². The number of nitrogens with one attached hydrogen (secondary N) is 1. The van der Waals surface area contributed by atoms with Crippen LogP contribution in [0.3, 0.4) is 0 Å². The smallest absolute Gasteiger partial charge is 0.426 e. The van der Waals surface area contributed by atoms with Crippen molar-refractivity contribution in [2.75, 3.05) is 18.5 Å². The third kappa shape index (κ3) is 4.88. The lowest BCUT2D eigenvalue weighted by molar-refractivity contribution is -0.242. The summed E-state index contributed by atoms with van der Waals surface area (Å²) in [4.78, 5) is 22.9. The molecular weight excluding hydrogens is 369 g/mol. The van der Waals surface area contributed by atoms with Crippen molar-refractivity contribution in [3.63, 3.8) is 0 Å². The molecule has 6 nitrogen and oxygen atoms in total. The van der Waals surface area contributed by atoms with Gasteiger partial charge in [0.25, 0.3) is 5.91 Å². The predicted octanol–water partition coefficient (Wildman–Crippen LogP) is 1.96. The normalized spacial score (nSPS) is 14.5. The topological polar surface area (TPSA) is 95.9 Å². The SMILES string of the molecule is CC(O)(C(=O)Nc1ccc(C(F)(F)C(=O)OCCCO)cc1)C(F)(F)F. The molecule has 1 atom stereocenters. The Morgan fingerprint density at radius 3 is 2.12 bits per heavy atom. The zero-order chi connectivity index (χ0) is 20.2. The van der Waals surface area contributed by atoms with Crippen molar-refractivity contribution < 1.29 is 46.5 Å². The molecule has 0 aliphatic heterocycles. The molecule has 26 heavy (non-hydrogen) atoms. The molecule has 0 aliphatic rings. The predicted molar refractivity (Wildman–Crippen MR) is 78.3 cm³/mol. The molecule has 3 N–H and O–H groups in total. The van der Waals surface area contributed by atoms with Gasteiger partial charge in [0.1, 0.15) is 0 Å². The summed E-state index contributed by atoms with van der Waals surface area (Å²) in [5.74, 6) is -7.69. The van der Waals surface area contributed by atoms with Gasteiger partial charge >= 0.3 is 18.1 Å². The number of esters is 1. The molecule has 0 bridgehead atoms. The molecule has 0 saturated carbocycles. The molecule has 1 aromatic rings. The van der Waals surface area contributed by atoms with Crippen LogP contribution in [0.25, 0.3) is 0 Å². The maximum Gasteiger partial charge on any atom is 0.426 e. The largest absolute Gasteiger partial charge is 0.461 e. The van der Waals surface area contributed by atoms with Gasteiger partial charge in [-0.2, -0.15) is 22.0 Å². The number of aliphatic hydroxyl groups excluding tert-OH is 1. The molecule has 0 radical (unpaired) electrons. The van der Waals surface area contributed by atoms with E-state index >= 15 is 0 Å². The summed E-state index contributed by atoms with van der Waals surface area (Å²) < 4.78 is 69.7. The van der Waals surface area contributed by atoms with Crippen LogP contribution in [0, 0.1) is 0 Å². The third-order valence-electron chi connectivity index (χ3n) is 3.29. The molecular formula is C15H16F5NO5. The molecule has 1 unspecified atom stereocenters. The van der Waals surface area contributed by atoms with Crippen molar-refractivity contribution >= 4 is 17.6 Å². The van der Waals surface area contributed by atoms with Crippen molar-refractivity contribution in [2.45, 2.75) is 31.0 Å². The van der Waals surface area contributed by atoms with Crippen LogP contribution in [0.4, 0.5) is 27.6 Å². The van der Waals surface area contributed by atoms with Gasteiger partial charge in [-0.1, -0.05) is 12.1 Å². The minimum absolute atomic E-state index is 0.0219. The fraction of sp³-hybridized carbons (Fsp3) is 0.467. The van der Waals surface area contributed by atoms with E-state index in [9.17, 15) is 36.6 Å². The highest BCUT2D eigenvalue weighted by atomic mass is 19.4. The first kappa shape index (κ1) is 21.8. The zero-order valence-electron chi connectivity index (χ0n) is 13.4. The average Bonchev–Trinajstić information content (AvgIpc) is 2.54. The van der Waals surface area contributed by atoms with Crippen molar-refractivity contribution in [2.24, 2.45) is 0 Å². The first-order valence-corrected chi connectivity index (χ1v) is 7.21. The number of hydrogen-bond donors (Lipinski definition) is 3. The zero-order valence-corrected chi connectivity index (χ0v) is 13.4. The first-order valence-electron chi connectivity index (χ1n) is 7.21. The average molecular weight is 385 g/mol. The van der Waals surface area contributed by atoms with Crippen LogP contribution in [0.5, 0.6) is 0 Å². The Morgan fingerprint density at radius 1 is 1.12 bits per heavy atom. The van der Waals surface area contributed by atoms with Gasteiger partial charge in [-0.3, -0.25) is 4.79 Å². The fourth-order valence-corrected chi connectivity index (χ4v) is 1.58. The highest BCUT2D eigenvalue weighted by Crippen LogP contribution is 2.32. The van der Waals surface area contributed by atoms with Crippen molar-refractivity contribution in [3.8, 4) is 0 Å². The first-order chi connectivity index (χ1) is 11.8. The summed E-state index contributed by atoms with van der Waals surface area (Å²) >= 11 is 0. The minimum atomic E-state index is -5.23. The molecule has 0 heterocycles. The van der Waals surface area contributed by atoms with E-state index in [2.05, 4.69) is 4.74 Å². The van der Waals surface area contributed by atoms with E-state index in [1.807, 2.05) is 0 Å².